The summed E-state index contributed by atoms with van der Waals surface area (Å²) in [6.07, 6.45) is -4.88. The normalized spacial score (nSPS) is 34.0. The third-order valence-corrected chi connectivity index (χ3v) is 3.39. The molecule has 1 fully saturated rings. The number of aryl methyl sites for hydroxylation is 2. The van der Waals surface area contributed by atoms with Crippen LogP contribution >= 0.6 is 0 Å². The lowest BCUT2D eigenvalue weighted by molar-refractivity contribution is -0.276. The molecule has 0 amide bonds. The molecule has 0 aromatic carbocycles. The van der Waals surface area contributed by atoms with Crippen LogP contribution in [-0.2, 0) is 9.47 Å². The average molecular weight is 291 g/mol. The van der Waals surface area contributed by atoms with Crippen LogP contribution in [0.1, 0.15) is 28.6 Å². The van der Waals surface area contributed by atoms with Gasteiger partial charge >= 0.3 is 5.97 Å². The smallest absolute Gasteiger partial charge is 0.344 e. The van der Waals surface area contributed by atoms with Gasteiger partial charge in [-0.05, 0) is 20.8 Å². The van der Waals surface area contributed by atoms with Gasteiger partial charge in [0.15, 0.2) is 0 Å². The molecule has 0 radical (unpaired) electrons. The summed E-state index contributed by atoms with van der Waals surface area (Å²) in [5, 5.41) is 29.0. The van der Waals surface area contributed by atoms with Gasteiger partial charge in [0.25, 0.3) is 0 Å². The second kappa shape index (κ2) is 5.53. The Hall–Kier alpha value is -1.41. The molecular formula is C13H18O7. The Morgan fingerprint density at radius 3 is 2.40 bits per heavy atom. The minimum atomic E-state index is -1.52. The van der Waals surface area contributed by atoms with Crippen molar-refractivity contribution in [1.82, 2.24) is 0 Å². The lowest BCUT2D eigenvalue weighted by atomic mass is 10.3. The van der Waals surface area contributed by atoms with E-state index < -0.39 is 36.7 Å². The highest BCUT2D eigenvalue weighted by Gasteiger charge is 2.44. The van der Waals surface area contributed by atoms with E-state index in [1.807, 2.05) is 0 Å². The lowest BCUT2D eigenvalue weighted by Crippen LogP contribution is -2.57. The summed E-state index contributed by atoms with van der Waals surface area (Å²) in [5.41, 5.74) is 0.862. The fraction of sp³-hybridized carbons (Fsp3) is 0.615. The Kier molecular flexibility index (Phi) is 4.14. The molecule has 0 unspecified atom stereocenters. The van der Waals surface area contributed by atoms with E-state index in [1.54, 1.807) is 13.8 Å². The van der Waals surface area contributed by atoms with Crippen molar-refractivity contribution >= 4 is 5.97 Å². The van der Waals surface area contributed by atoms with Crippen molar-refractivity contribution in [1.29, 1.82) is 0 Å². The highest BCUT2D eigenvalue weighted by Crippen LogP contribution is 2.24. The van der Waals surface area contributed by atoms with Gasteiger partial charge in [-0.3, -0.25) is 0 Å². The van der Waals surface area contributed by atoms with Crippen LogP contribution in [0, 0.1) is 13.8 Å². The van der Waals surface area contributed by atoms with Crippen LogP contribution in [0.3, 0.4) is 0 Å². The molecule has 7 heteroatoms. The highest BCUT2D eigenvalue weighted by molar-refractivity contribution is 5.92. The van der Waals surface area contributed by atoms with E-state index in [1.165, 1.54) is 13.2 Å². The quantitative estimate of drug-likeness (QED) is 0.515. The summed E-state index contributed by atoms with van der Waals surface area (Å²) in [7, 11) is 0. The Labute approximate surface area is 115 Å². The van der Waals surface area contributed by atoms with E-state index in [0.717, 1.165) is 0 Å². The molecule has 0 aliphatic carbocycles. The van der Waals surface area contributed by atoms with Crippen molar-refractivity contribution in [3.8, 4) is 0 Å². The number of rotatable bonds is 2. The van der Waals surface area contributed by atoms with Gasteiger partial charge in [0.1, 0.15) is 29.6 Å². The maximum Gasteiger partial charge on any atom is 0.344 e. The minimum Gasteiger partial charge on any atom is -0.468 e. The molecule has 2 heterocycles. The van der Waals surface area contributed by atoms with Crippen LogP contribution in [-0.4, -0.2) is 52.0 Å². The van der Waals surface area contributed by atoms with Crippen molar-refractivity contribution < 1.29 is 34.0 Å². The monoisotopic (exact) mass is 291 g/mol. The zero-order chi connectivity index (χ0) is 15.0. The van der Waals surface area contributed by atoms with Crippen LogP contribution in [0.5, 0.6) is 0 Å². The Balaban J connectivity index is 2.12. The van der Waals surface area contributed by atoms with Gasteiger partial charge in [-0.2, -0.15) is 0 Å². The molecule has 1 aliphatic heterocycles. The maximum atomic E-state index is 12.0. The number of hydrogen-bond donors (Lipinski definition) is 3. The van der Waals surface area contributed by atoms with Crippen molar-refractivity contribution in [2.75, 3.05) is 0 Å². The third-order valence-electron chi connectivity index (χ3n) is 3.39. The fourth-order valence-corrected chi connectivity index (χ4v) is 2.15. The van der Waals surface area contributed by atoms with Crippen molar-refractivity contribution in [2.24, 2.45) is 0 Å². The first kappa shape index (κ1) is 15.0. The first-order valence-corrected chi connectivity index (χ1v) is 6.28. The van der Waals surface area contributed by atoms with Gasteiger partial charge in [-0.25, -0.2) is 4.79 Å². The maximum absolute atomic E-state index is 12.0. The number of hydrogen-bond acceptors (Lipinski definition) is 7. The van der Waals surface area contributed by atoms with Crippen molar-refractivity contribution in [3.05, 3.63) is 23.2 Å². The van der Waals surface area contributed by atoms with E-state index in [-0.39, 0.29) is 5.56 Å². The summed E-state index contributed by atoms with van der Waals surface area (Å²) < 4.78 is 15.4. The first-order valence-electron chi connectivity index (χ1n) is 6.28. The molecule has 3 N–H and O–H groups in total. The number of furan rings is 1. The topological polar surface area (TPSA) is 109 Å². The van der Waals surface area contributed by atoms with Gasteiger partial charge in [0.2, 0.25) is 6.29 Å². The number of aliphatic hydroxyl groups excluding tert-OH is 3. The lowest BCUT2D eigenvalue weighted by Gasteiger charge is -2.38. The molecule has 1 aromatic heterocycles. The fourth-order valence-electron chi connectivity index (χ4n) is 2.15. The van der Waals surface area contributed by atoms with Gasteiger partial charge in [-0.15, -0.1) is 0 Å². The SMILES string of the molecule is C[C@@H]1O[C@@H](O[13C](=O)c2[13c](C)co[13c]2C)[13C@H](O)[C@H](O)[13C@H]1O. The molecule has 0 saturated carbocycles. The molecule has 0 spiro atoms. The zero-order valence-corrected chi connectivity index (χ0v) is 11.4. The number of esters is 1. The highest BCUT2D eigenvalue weighted by atomic mass is 16.8. The van der Waals surface area contributed by atoms with Crippen LogP contribution in [0.2, 0.25) is 0 Å². The predicted molar refractivity (Wildman–Crippen MR) is 66.0 cm³/mol. The molecule has 1 saturated heterocycles. The van der Waals surface area contributed by atoms with Crippen LogP contribution in [0.15, 0.2) is 10.7 Å². The van der Waals surface area contributed by atoms with Gasteiger partial charge < -0.3 is 29.2 Å². The number of carbonyl (C=O) groups excluding carboxylic acids is 1. The summed E-state index contributed by atoms with van der Waals surface area (Å²) in [6, 6.07) is 0. The van der Waals surface area contributed by atoms with Gasteiger partial charge in [-0.1, -0.05) is 0 Å². The summed E-state index contributed by atoms with van der Waals surface area (Å²) in [5.74, 6) is -0.319. The van der Waals surface area contributed by atoms with Crippen molar-refractivity contribution in [3.63, 3.8) is 0 Å². The van der Waals surface area contributed by atoms with Gasteiger partial charge in [0.05, 0.1) is 12.4 Å². The predicted octanol–water partition coefficient (Wildman–Crippen LogP) is -0.119. The number of ether oxygens (including phenoxy) is 2. The van der Waals surface area contributed by atoms with Crippen molar-refractivity contribution in [2.45, 2.75) is 51.5 Å². The third kappa shape index (κ3) is 2.57. The molecule has 0 bridgehead atoms. The molecule has 112 valence electrons. The first-order chi connectivity index (χ1) is 9.32. The Bertz CT molecular complexity index is 475. The van der Waals surface area contributed by atoms with Gasteiger partial charge in [0, 0.05) is 5.56 Å². The molecule has 20 heavy (non-hydrogen) atoms. The van der Waals surface area contributed by atoms with E-state index >= 15 is 0 Å². The van der Waals surface area contributed by atoms with E-state index in [0.29, 0.717) is 11.3 Å². The standard InChI is InChI=1S/C13H18O7/c1-5-4-18-6(2)8(5)12(17)20-13-11(16)10(15)9(14)7(3)19-13/h4,7,9-11,13-16H,1-3H3/t7-,9-,10+,11+,13-/m0/s1/i5+1,6+1,9+1,11+1,12+1. The van der Waals surface area contributed by atoms with E-state index in [4.69, 9.17) is 13.9 Å². The average Bonchev–Trinajstić information content (AvgIpc) is 2.73. The number of carbonyl (C=O) groups is 1. The zero-order valence-electron chi connectivity index (χ0n) is 11.4. The van der Waals surface area contributed by atoms with Crippen LogP contribution in [0.25, 0.3) is 0 Å². The number of aliphatic hydroxyl groups is 3. The second-order valence-electron chi connectivity index (χ2n) is 4.94. The van der Waals surface area contributed by atoms with E-state index in [9.17, 15) is 20.1 Å². The Morgan fingerprint density at radius 2 is 1.85 bits per heavy atom. The summed E-state index contributed by atoms with van der Waals surface area (Å²) in [4.78, 5) is 12.0. The second-order valence-corrected chi connectivity index (χ2v) is 4.94. The molecule has 1 aromatic rings. The molecule has 7 nitrogen and oxygen atoms in total. The largest absolute Gasteiger partial charge is 0.468 e. The van der Waals surface area contributed by atoms with Crippen LogP contribution in [0.4, 0.5) is 0 Å². The Morgan fingerprint density at radius 1 is 1.20 bits per heavy atom. The minimum absolute atomic E-state index is 0.258. The molecule has 2 rings (SSSR count). The van der Waals surface area contributed by atoms with Crippen LogP contribution < -0.4 is 0 Å². The molecule has 1 aliphatic rings. The molecule has 5 atom stereocenters. The molecular weight excluding hydrogens is 273 g/mol. The summed E-state index contributed by atoms with van der Waals surface area (Å²) >= 11 is 0. The summed E-state index contributed by atoms with van der Waals surface area (Å²) in [6.45, 7) is 4.81. The van der Waals surface area contributed by atoms with E-state index in [2.05, 4.69) is 0 Å².